The number of fused-ring (bicyclic) bond motifs is 1. The summed E-state index contributed by atoms with van der Waals surface area (Å²) in [6.07, 6.45) is -4.86. The highest BCUT2D eigenvalue weighted by Gasteiger charge is 2.66. The van der Waals surface area contributed by atoms with Crippen LogP contribution >= 0.6 is 0 Å². The van der Waals surface area contributed by atoms with Gasteiger partial charge in [0, 0.05) is 51.0 Å². The molecule has 2 aromatic rings. The Hall–Kier alpha value is -5.59. The van der Waals surface area contributed by atoms with Crippen molar-refractivity contribution in [3.05, 3.63) is 96.1 Å². The number of hydrogen-bond acceptors (Lipinski definition) is 13. The van der Waals surface area contributed by atoms with Crippen LogP contribution in [0.5, 0.6) is 0 Å². The normalized spacial score (nSPS) is 29.5. The van der Waals surface area contributed by atoms with E-state index in [9.17, 15) is 33.6 Å². The molecule has 55 heavy (non-hydrogen) atoms. The van der Waals surface area contributed by atoms with Gasteiger partial charge in [-0.15, -0.1) is 0 Å². The zero-order chi connectivity index (χ0) is 40.8. The maximum absolute atomic E-state index is 14.9. The van der Waals surface area contributed by atoms with Gasteiger partial charge in [0.2, 0.25) is 0 Å². The Morgan fingerprint density at radius 3 is 1.65 bits per heavy atom. The third-order valence-electron chi connectivity index (χ3n) is 9.82. The predicted molar refractivity (Wildman–Crippen MR) is 196 cm³/mol. The van der Waals surface area contributed by atoms with Crippen molar-refractivity contribution in [2.75, 3.05) is 0 Å². The minimum atomic E-state index is -2.11. The number of rotatable bonds is 8. The minimum Gasteiger partial charge on any atom is -0.458 e. The molecule has 0 radical (unpaired) electrons. The Morgan fingerprint density at radius 1 is 0.655 bits per heavy atom. The molecule has 9 atom stereocenters. The molecule has 1 fully saturated rings. The van der Waals surface area contributed by atoms with Crippen LogP contribution in [0.15, 0.2) is 85.0 Å². The second kappa shape index (κ2) is 17.3. The van der Waals surface area contributed by atoms with E-state index < -0.39 is 101 Å². The number of carbonyl (C=O) groups excluding carboxylic acids is 7. The maximum Gasteiger partial charge on any atom is 0.338 e. The van der Waals surface area contributed by atoms with Gasteiger partial charge in [-0.2, -0.15) is 0 Å². The highest BCUT2D eigenvalue weighted by Crippen LogP contribution is 2.51. The molecule has 2 aliphatic rings. The van der Waals surface area contributed by atoms with Crippen LogP contribution in [0, 0.1) is 23.2 Å². The molecule has 0 N–H and O–H groups in total. The van der Waals surface area contributed by atoms with Crippen molar-refractivity contribution in [1.82, 2.24) is 0 Å². The molecule has 0 spiro atoms. The maximum atomic E-state index is 14.9. The summed E-state index contributed by atoms with van der Waals surface area (Å²) in [6, 6.07) is 15.9. The summed E-state index contributed by atoms with van der Waals surface area (Å²) in [5, 5.41) is 0. The number of ether oxygens (including phenoxy) is 6. The molecule has 4 rings (SSSR count). The van der Waals surface area contributed by atoms with Gasteiger partial charge in [0.25, 0.3) is 0 Å². The Balaban J connectivity index is 2.09. The van der Waals surface area contributed by atoms with Crippen molar-refractivity contribution in [3.63, 3.8) is 0 Å². The van der Waals surface area contributed by atoms with Crippen molar-refractivity contribution in [1.29, 1.82) is 0 Å². The summed E-state index contributed by atoms with van der Waals surface area (Å²) < 4.78 is 36.0. The van der Waals surface area contributed by atoms with Gasteiger partial charge in [-0.1, -0.05) is 82.8 Å². The Labute approximate surface area is 320 Å². The van der Waals surface area contributed by atoms with Gasteiger partial charge in [-0.05, 0) is 30.2 Å². The number of ketones is 1. The molecule has 0 aliphatic heterocycles. The second-order valence-electron chi connectivity index (χ2n) is 14.7. The van der Waals surface area contributed by atoms with Crippen LogP contribution in [0.2, 0.25) is 0 Å². The highest BCUT2D eigenvalue weighted by atomic mass is 16.6. The van der Waals surface area contributed by atoms with E-state index in [1.54, 1.807) is 70.2 Å². The van der Waals surface area contributed by atoms with E-state index in [0.717, 1.165) is 27.7 Å². The molecule has 0 bridgehead atoms. The van der Waals surface area contributed by atoms with Crippen molar-refractivity contribution in [2.24, 2.45) is 23.2 Å². The lowest BCUT2D eigenvalue weighted by Crippen LogP contribution is -2.59. The minimum absolute atomic E-state index is 0.0811. The largest absolute Gasteiger partial charge is 0.458 e. The van der Waals surface area contributed by atoms with Gasteiger partial charge in [-0.3, -0.25) is 24.0 Å². The Bertz CT molecular complexity index is 1830. The Morgan fingerprint density at radius 2 is 1.16 bits per heavy atom. The summed E-state index contributed by atoms with van der Waals surface area (Å²) >= 11 is 0. The van der Waals surface area contributed by atoms with E-state index in [2.05, 4.69) is 6.58 Å². The average Bonchev–Trinajstić information content (AvgIpc) is 3.39. The van der Waals surface area contributed by atoms with E-state index in [0.29, 0.717) is 0 Å². The first-order valence-electron chi connectivity index (χ1n) is 17.9. The molecule has 2 aliphatic carbocycles. The lowest BCUT2D eigenvalue weighted by Gasteiger charge is -2.44. The number of hydrogen-bond donors (Lipinski definition) is 0. The summed E-state index contributed by atoms with van der Waals surface area (Å²) in [4.78, 5) is 94.3. The number of allylic oxidation sites excluding steroid dienone is 1. The monoisotopic (exact) mass is 760 g/mol. The smallest absolute Gasteiger partial charge is 0.338 e. The van der Waals surface area contributed by atoms with E-state index in [4.69, 9.17) is 28.4 Å². The Kier molecular flexibility index (Phi) is 13.2. The zero-order valence-electron chi connectivity index (χ0n) is 32.3. The lowest BCUT2D eigenvalue weighted by molar-refractivity contribution is -0.188. The van der Waals surface area contributed by atoms with Crippen LogP contribution in [0.4, 0.5) is 0 Å². The SMILES string of the molecule is C=C1[C@H](OC(=O)c2ccccc2)[C@@H](OC(C)=O)[C@@H](OC(C)=O)C(C)(C)/C=C/[C@H](C)C(=O)[C@@]2(OC(C)=O)C[C@H](C)[C@H](OC(=O)c3ccccc3)[C@@H]2[C@H]1OC(C)=O. The number of esters is 6. The van der Waals surface area contributed by atoms with Crippen LogP contribution in [0.3, 0.4) is 0 Å². The number of benzene rings is 2. The molecule has 1 saturated carbocycles. The summed E-state index contributed by atoms with van der Waals surface area (Å²) in [5.41, 5.74) is -3.35. The zero-order valence-corrected chi connectivity index (χ0v) is 32.3. The molecular weight excluding hydrogens is 712 g/mol. The van der Waals surface area contributed by atoms with Gasteiger partial charge in [0.05, 0.1) is 17.0 Å². The average molecular weight is 761 g/mol. The molecule has 0 unspecified atom stereocenters. The first-order chi connectivity index (χ1) is 25.8. The van der Waals surface area contributed by atoms with Crippen LogP contribution in [-0.4, -0.2) is 77.7 Å². The fourth-order valence-electron chi connectivity index (χ4n) is 7.49. The van der Waals surface area contributed by atoms with Crippen LogP contribution in [0.25, 0.3) is 0 Å². The van der Waals surface area contributed by atoms with E-state index >= 15 is 0 Å². The lowest BCUT2D eigenvalue weighted by atomic mass is 9.72. The van der Waals surface area contributed by atoms with Gasteiger partial charge in [0.1, 0.15) is 12.2 Å². The first-order valence-corrected chi connectivity index (χ1v) is 17.9. The molecule has 2 aromatic carbocycles. The summed E-state index contributed by atoms with van der Waals surface area (Å²) in [7, 11) is 0. The molecule has 0 heterocycles. The molecule has 0 saturated heterocycles. The van der Waals surface area contributed by atoms with Gasteiger partial charge < -0.3 is 28.4 Å². The quantitative estimate of drug-likeness (QED) is 0.186. The van der Waals surface area contributed by atoms with Gasteiger partial charge in [-0.25, -0.2) is 9.59 Å². The van der Waals surface area contributed by atoms with Gasteiger partial charge in [0.15, 0.2) is 29.7 Å². The van der Waals surface area contributed by atoms with Crippen molar-refractivity contribution >= 4 is 41.6 Å². The summed E-state index contributed by atoms with van der Waals surface area (Å²) in [5.74, 6) is -8.88. The highest BCUT2D eigenvalue weighted by molar-refractivity contribution is 5.94. The fourth-order valence-corrected chi connectivity index (χ4v) is 7.49. The molecule has 0 aromatic heterocycles. The van der Waals surface area contributed by atoms with Crippen LogP contribution < -0.4 is 0 Å². The number of carbonyl (C=O) groups is 7. The van der Waals surface area contributed by atoms with E-state index in [1.165, 1.54) is 30.3 Å². The van der Waals surface area contributed by atoms with Crippen molar-refractivity contribution in [3.8, 4) is 0 Å². The molecule has 0 amide bonds. The molecule has 13 heteroatoms. The summed E-state index contributed by atoms with van der Waals surface area (Å²) in [6.45, 7) is 15.3. The molecule has 294 valence electrons. The standard InChI is InChI=1S/C42H48O13/c1-23-20-21-41(8,9)38(52-28(6)45)36(51-27(5)44)35(54-40(49)31-18-14-11-15-19-31)25(3)34(50-26(4)43)32-33(53-39(48)30-16-12-10-13-17-30)24(2)22-42(32,37(23)47)55-29(7)46/h10-21,23-24,32-36,38H,3,22H2,1-2,4-9H3/b21-20+/t23-,24-,32+,33-,34-,35-,36+,38+,42+/m0/s1. The van der Waals surface area contributed by atoms with Crippen LogP contribution in [-0.2, 0) is 52.4 Å². The van der Waals surface area contributed by atoms with Crippen molar-refractivity contribution < 1.29 is 62.0 Å². The van der Waals surface area contributed by atoms with Crippen LogP contribution in [0.1, 0.15) is 82.5 Å². The van der Waals surface area contributed by atoms with E-state index in [-0.39, 0.29) is 23.1 Å². The second-order valence-corrected chi connectivity index (χ2v) is 14.7. The predicted octanol–water partition coefficient (Wildman–Crippen LogP) is 5.55. The molecular formula is C42H48O13. The van der Waals surface area contributed by atoms with Crippen molar-refractivity contribution in [2.45, 2.75) is 97.9 Å². The number of Topliss-reactive ketones (excluding diaryl/α,β-unsaturated/α-hetero) is 1. The first kappa shape index (κ1) is 42.2. The molecule has 13 nitrogen and oxygen atoms in total. The third-order valence-corrected chi connectivity index (χ3v) is 9.82. The van der Waals surface area contributed by atoms with Gasteiger partial charge >= 0.3 is 35.8 Å². The fraction of sp³-hybridized carbons (Fsp3) is 0.452. The third kappa shape index (κ3) is 9.56. The topological polar surface area (TPSA) is 175 Å². The van der Waals surface area contributed by atoms with E-state index in [1.807, 2.05) is 0 Å².